The fraction of sp³-hybridized carbons (Fsp3) is 0.143. The summed E-state index contributed by atoms with van der Waals surface area (Å²) in [5, 5.41) is 0. The van der Waals surface area contributed by atoms with Gasteiger partial charge in [0.25, 0.3) is 0 Å². The van der Waals surface area contributed by atoms with Gasteiger partial charge in [-0.3, -0.25) is 0 Å². The molecule has 0 saturated carbocycles. The van der Waals surface area contributed by atoms with E-state index in [-0.39, 0.29) is 0 Å². The fourth-order valence-corrected chi connectivity index (χ4v) is 9.56. The molecule has 0 radical (unpaired) electrons. The molecule has 0 fully saturated rings. The molecule has 0 unspecified atom stereocenters. The van der Waals surface area contributed by atoms with Gasteiger partial charge in [0.15, 0.2) is 0 Å². The van der Waals surface area contributed by atoms with E-state index in [9.17, 15) is 0 Å². The molecule has 0 aliphatic heterocycles. The van der Waals surface area contributed by atoms with Crippen LogP contribution < -0.4 is 3.51 Å². The molecule has 0 N–H and O–H groups in total. The van der Waals surface area contributed by atoms with E-state index < -0.39 is 12.2 Å². The van der Waals surface area contributed by atoms with E-state index in [0.29, 0.717) is 0 Å². The number of aryl methyl sites for hydroxylation is 1. The standard InChI is InChI=1S/C7H7.2HI.Sb/c1-7-5-3-2-4-6-7;;;/h2-5H,1H3;2*1H;/q;;;+2/p-2. The van der Waals surface area contributed by atoms with Gasteiger partial charge in [-0.1, -0.05) is 0 Å². The van der Waals surface area contributed by atoms with Gasteiger partial charge in [0, 0.05) is 0 Å². The fourth-order valence-electron chi connectivity index (χ4n) is 0.753. The normalized spacial score (nSPS) is 10.4. The van der Waals surface area contributed by atoms with E-state index in [4.69, 9.17) is 0 Å². The zero-order valence-corrected chi connectivity index (χ0v) is 12.4. The number of rotatable bonds is 1. The minimum atomic E-state index is -1.02. The first-order valence-electron chi connectivity index (χ1n) is 2.89. The average Bonchev–Trinajstić information content (AvgIpc) is 1.88. The molecule has 0 aliphatic carbocycles. The van der Waals surface area contributed by atoms with Gasteiger partial charge in [-0.25, -0.2) is 0 Å². The molecule has 0 saturated heterocycles. The Morgan fingerprint density at radius 2 is 1.80 bits per heavy atom. The molecule has 54 valence electrons. The van der Waals surface area contributed by atoms with Crippen LogP contribution in [0.25, 0.3) is 0 Å². The van der Waals surface area contributed by atoms with Gasteiger partial charge in [0.1, 0.15) is 0 Å². The topological polar surface area (TPSA) is 0 Å². The number of hydrogen-bond donors (Lipinski definition) is 0. The molecule has 0 aromatic heterocycles. The Bertz CT molecular complexity index is 223. The van der Waals surface area contributed by atoms with E-state index in [1.165, 1.54) is 5.56 Å². The van der Waals surface area contributed by atoms with Crippen LogP contribution >= 0.6 is 37.0 Å². The van der Waals surface area contributed by atoms with Crippen molar-refractivity contribution in [2.75, 3.05) is 0 Å². The van der Waals surface area contributed by atoms with E-state index in [1.54, 1.807) is 3.51 Å². The van der Waals surface area contributed by atoms with Crippen LogP contribution in [-0.4, -0.2) is 12.2 Å². The van der Waals surface area contributed by atoms with Gasteiger partial charge in [0.05, 0.1) is 0 Å². The maximum absolute atomic E-state index is 2.60. The van der Waals surface area contributed by atoms with E-state index in [0.717, 1.165) is 0 Å². The number of halogens is 2. The van der Waals surface area contributed by atoms with Crippen LogP contribution in [0.2, 0.25) is 0 Å². The van der Waals surface area contributed by atoms with Crippen molar-refractivity contribution in [1.29, 1.82) is 0 Å². The Morgan fingerprint density at radius 3 is 2.20 bits per heavy atom. The number of benzene rings is 1. The minimum absolute atomic E-state index is 1.02. The van der Waals surface area contributed by atoms with Crippen molar-refractivity contribution < 1.29 is 0 Å². The van der Waals surface area contributed by atoms with Crippen molar-refractivity contribution in [3.8, 4) is 0 Å². The molecular weight excluding hydrogens is 460 g/mol. The molecule has 0 amide bonds. The van der Waals surface area contributed by atoms with Crippen molar-refractivity contribution in [3.63, 3.8) is 0 Å². The summed E-state index contributed by atoms with van der Waals surface area (Å²) in [6.07, 6.45) is 0. The second-order valence-corrected chi connectivity index (χ2v) is 30.1. The van der Waals surface area contributed by atoms with Crippen LogP contribution in [0, 0.1) is 6.92 Å². The third kappa shape index (κ3) is 2.52. The van der Waals surface area contributed by atoms with Gasteiger partial charge in [0.2, 0.25) is 0 Å². The second kappa shape index (κ2) is 4.51. The van der Waals surface area contributed by atoms with Crippen molar-refractivity contribution >= 4 is 52.7 Å². The molecule has 10 heavy (non-hydrogen) atoms. The van der Waals surface area contributed by atoms with Gasteiger partial charge in [-0.2, -0.15) is 0 Å². The molecule has 0 nitrogen and oxygen atoms in total. The summed E-state index contributed by atoms with van der Waals surface area (Å²) < 4.78 is 1.62. The van der Waals surface area contributed by atoms with Crippen molar-refractivity contribution in [1.82, 2.24) is 0 Å². The first-order valence-corrected chi connectivity index (χ1v) is 19.0. The summed E-state index contributed by atoms with van der Waals surface area (Å²) in [5.41, 5.74) is 1.47. The van der Waals surface area contributed by atoms with Crippen molar-refractivity contribution in [2.45, 2.75) is 6.92 Å². The average molecular weight is 467 g/mol. The molecule has 0 aliphatic rings. The Labute approximate surface area is 87.9 Å². The SMILES string of the molecule is Cc1cccc[c]1[Sb]([I])[I]. The van der Waals surface area contributed by atoms with E-state index in [1.807, 2.05) is 0 Å². The van der Waals surface area contributed by atoms with Crippen LogP contribution in [-0.2, 0) is 0 Å². The summed E-state index contributed by atoms with van der Waals surface area (Å²) in [7, 11) is 0. The summed E-state index contributed by atoms with van der Waals surface area (Å²) in [4.78, 5) is 0. The van der Waals surface area contributed by atoms with Crippen LogP contribution in [0.1, 0.15) is 5.56 Å². The van der Waals surface area contributed by atoms with Crippen LogP contribution in [0.3, 0.4) is 0 Å². The second-order valence-electron chi connectivity index (χ2n) is 2.02. The molecule has 1 rings (SSSR count). The van der Waals surface area contributed by atoms with Gasteiger partial charge < -0.3 is 0 Å². The van der Waals surface area contributed by atoms with Crippen molar-refractivity contribution in [3.05, 3.63) is 29.8 Å². The Morgan fingerprint density at radius 1 is 1.20 bits per heavy atom. The predicted molar refractivity (Wildman–Crippen MR) is 64.6 cm³/mol. The third-order valence-corrected chi connectivity index (χ3v) is 10.7. The van der Waals surface area contributed by atoms with Crippen molar-refractivity contribution in [2.24, 2.45) is 0 Å². The Balaban J connectivity index is 3.03. The molecule has 0 atom stereocenters. The monoisotopic (exact) mass is 466 g/mol. The zero-order valence-electron chi connectivity index (χ0n) is 5.51. The molecule has 1 aromatic carbocycles. The van der Waals surface area contributed by atoms with Crippen LogP contribution in [0.15, 0.2) is 24.3 Å². The first-order chi connectivity index (χ1) is 4.72. The van der Waals surface area contributed by atoms with Crippen LogP contribution in [0.4, 0.5) is 0 Å². The molecule has 0 spiro atoms. The summed E-state index contributed by atoms with van der Waals surface area (Å²) in [6.45, 7) is 2.20. The predicted octanol–water partition coefficient (Wildman–Crippen LogP) is 2.56. The van der Waals surface area contributed by atoms with Gasteiger partial charge in [-0.05, 0) is 0 Å². The quantitative estimate of drug-likeness (QED) is 0.441. The zero-order chi connectivity index (χ0) is 7.56. The molecule has 1 aromatic rings. The summed E-state index contributed by atoms with van der Waals surface area (Å²) in [6, 6.07) is 8.70. The molecule has 0 bridgehead atoms. The van der Waals surface area contributed by atoms with Gasteiger partial charge in [-0.15, -0.1) is 0 Å². The molecular formula is C7H7I2Sb. The summed E-state index contributed by atoms with van der Waals surface area (Å²) in [5.74, 6) is 0. The van der Waals surface area contributed by atoms with Crippen LogP contribution in [0.5, 0.6) is 0 Å². The Kier molecular flexibility index (Phi) is 4.32. The maximum atomic E-state index is 2.60. The Hall–Kier alpha value is 1.50. The van der Waals surface area contributed by atoms with Gasteiger partial charge >= 0.3 is 89.4 Å². The molecule has 3 heteroatoms. The first kappa shape index (κ1) is 9.59. The third-order valence-electron chi connectivity index (χ3n) is 1.30. The molecule has 0 heterocycles. The van der Waals surface area contributed by atoms with E-state index in [2.05, 4.69) is 68.2 Å². The summed E-state index contributed by atoms with van der Waals surface area (Å²) >= 11 is 4.19. The van der Waals surface area contributed by atoms with E-state index >= 15 is 0 Å². The number of hydrogen-bond acceptors (Lipinski definition) is 0.